The van der Waals surface area contributed by atoms with Gasteiger partial charge in [0.15, 0.2) is 0 Å². The molecule has 0 saturated heterocycles. The predicted molar refractivity (Wildman–Crippen MR) is 42.4 cm³/mol. The Morgan fingerprint density at radius 3 is 0.533 bits per heavy atom. The van der Waals surface area contributed by atoms with Crippen LogP contribution in [0, 0.1) is 72.4 Å². The third-order valence-electron chi connectivity index (χ3n) is 0. The summed E-state index contributed by atoms with van der Waals surface area (Å²) in [6, 6.07) is 0. The van der Waals surface area contributed by atoms with Crippen LogP contribution in [0.4, 0.5) is 0 Å². The molecule has 0 fully saturated rings. The van der Waals surface area contributed by atoms with Crippen LogP contribution in [0.5, 0.6) is 0 Å². The van der Waals surface area contributed by atoms with Crippen molar-refractivity contribution in [3.63, 3.8) is 0 Å². The van der Waals surface area contributed by atoms with Gasteiger partial charge in [-0.1, -0.05) is 0 Å². The summed E-state index contributed by atoms with van der Waals surface area (Å²) >= 11 is 0. The molecule has 12 N–H and O–H groups in total. The van der Waals surface area contributed by atoms with Crippen LogP contribution in [0.2, 0.25) is 0 Å². The predicted octanol–water partition coefficient (Wildman–Crippen LogP) is -5.43. The Hall–Kier alpha value is -0.463. The van der Waals surface area contributed by atoms with Crippen LogP contribution >= 0.6 is 0 Å². The Balaban J connectivity index is -0.00000000468. The second kappa shape index (κ2) is 69.4. The van der Waals surface area contributed by atoms with Gasteiger partial charge in [-0.15, -0.1) is 0 Å². The molecule has 0 atom stereocenters. The minimum absolute atomic E-state index is 0. The smallest absolute Gasteiger partial charge is 0.0689 e. The van der Waals surface area contributed by atoms with Gasteiger partial charge in [-0.3, -0.25) is 0 Å². The topological polar surface area (TPSA) is 321 Å². The number of nitrogens with zero attached hydrogens (tertiary/aromatic N) is 2. The Kier molecular flexibility index (Phi) is 402. The maximum Gasteiger partial charge on any atom is 0.0689 e. The first-order chi connectivity index (χ1) is 3.46. The molecule has 0 aromatic carbocycles. The van der Waals surface area contributed by atoms with Crippen LogP contribution in [0.15, 0.2) is 0 Å². The summed E-state index contributed by atoms with van der Waals surface area (Å²) in [5.74, 6) is 0. The van der Waals surface area contributed by atoms with Gasteiger partial charge in [0.25, 0.3) is 0 Å². The van der Waals surface area contributed by atoms with Crippen molar-refractivity contribution in [2.75, 3.05) is 0 Å². The summed E-state index contributed by atoms with van der Waals surface area (Å²) < 4.78 is 0. The minimum atomic E-state index is -1.75. The molecule has 14 nitrogen and oxygen atoms in total. The summed E-state index contributed by atoms with van der Waals surface area (Å²) in [5.41, 5.74) is 0. The maximum absolute atomic E-state index is 8.25. The van der Waals surface area contributed by atoms with Crippen molar-refractivity contribution in [3.05, 3.63) is 30.6 Å². The van der Waals surface area contributed by atoms with E-state index in [-0.39, 0.29) is 74.6 Å². The molecule has 0 rings (SSSR count). The van der Waals surface area contributed by atoms with Gasteiger partial charge >= 0.3 is 0 Å². The van der Waals surface area contributed by atoms with Crippen LogP contribution in [0.25, 0.3) is 0 Å². The second-order valence-corrected chi connectivity index (χ2v) is 0.447. The van der Waals surface area contributed by atoms with Crippen molar-refractivity contribution in [1.29, 1.82) is 0 Å². The normalized spacial score (nSPS) is 3.20. The summed E-state index contributed by atoms with van der Waals surface area (Å²) in [6.07, 6.45) is 0. The first-order valence-electron chi connectivity index (χ1n) is 1.10. The van der Waals surface area contributed by atoms with Gasteiger partial charge in [0.05, 0.1) is 10.2 Å². The molecule has 0 aromatic heterocycles. The van der Waals surface area contributed by atoms with Crippen molar-refractivity contribution < 1.29 is 84.8 Å². The van der Waals surface area contributed by atoms with E-state index < -0.39 is 10.2 Å². The number of hydrogen-bond donors (Lipinski definition) is 0. The average molecular weight is 372 g/mol. The van der Waals surface area contributed by atoms with Gasteiger partial charge in [-0.2, -0.15) is 0 Å². The molecule has 0 aromatic rings. The maximum atomic E-state index is 8.25. The average Bonchev–Trinajstić information content (AvgIpc) is 1.25. The molecular weight excluding hydrogens is 360 g/mol. The van der Waals surface area contributed by atoms with E-state index in [1.807, 2.05) is 0 Å². The van der Waals surface area contributed by atoms with Crippen LogP contribution < -0.4 is 0 Å². The largest absolute Gasteiger partial charge is 0.412 e. The van der Waals surface area contributed by atoms with Gasteiger partial charge in [-0.25, -0.2) is 0 Å². The first kappa shape index (κ1) is 86.9. The molecule has 0 unspecified atom stereocenters. The zero-order valence-corrected chi connectivity index (χ0v) is 9.98. The SMILES string of the molecule is O.O.O.O.O.O.O=[N+]([O-])[O-].O=[N+]([O-])[O-].[Ce]. The van der Waals surface area contributed by atoms with Gasteiger partial charge in [-0.05, 0) is 0 Å². The van der Waals surface area contributed by atoms with Gasteiger partial charge in [0, 0.05) is 41.7 Å². The van der Waals surface area contributed by atoms with Crippen molar-refractivity contribution in [2.24, 2.45) is 0 Å². The second-order valence-electron chi connectivity index (χ2n) is 0.447. The first-order valence-corrected chi connectivity index (χ1v) is 1.10. The van der Waals surface area contributed by atoms with Crippen molar-refractivity contribution in [1.82, 2.24) is 0 Å². The van der Waals surface area contributed by atoms with Gasteiger partial charge in [0.1, 0.15) is 0 Å². The van der Waals surface area contributed by atoms with E-state index >= 15 is 0 Å². The van der Waals surface area contributed by atoms with Crippen LogP contribution in [0.3, 0.4) is 0 Å². The van der Waals surface area contributed by atoms with Crippen LogP contribution in [-0.2, 0) is 0 Å². The number of rotatable bonds is 0. The van der Waals surface area contributed by atoms with E-state index in [4.69, 9.17) is 30.6 Å². The van der Waals surface area contributed by atoms with Gasteiger partial charge < -0.3 is 63.5 Å². The molecule has 0 saturated carbocycles. The molecule has 0 spiro atoms. The summed E-state index contributed by atoms with van der Waals surface area (Å²) in [4.78, 5) is 16.5. The van der Waals surface area contributed by atoms with E-state index in [1.54, 1.807) is 0 Å². The fraction of sp³-hybridized carbons (Fsp3) is 0. The minimum Gasteiger partial charge on any atom is -0.412 e. The molecule has 100 valence electrons. The molecule has 0 heterocycles. The van der Waals surface area contributed by atoms with E-state index in [0.29, 0.717) is 0 Å². The number of hydrogen-bond acceptors (Lipinski definition) is 6. The van der Waals surface area contributed by atoms with Crippen LogP contribution in [-0.4, -0.2) is 43.0 Å². The monoisotopic (exact) mass is 372 g/mol. The molecule has 0 bridgehead atoms. The summed E-state index contributed by atoms with van der Waals surface area (Å²) in [7, 11) is 0. The summed E-state index contributed by atoms with van der Waals surface area (Å²) in [6.45, 7) is 0. The molecule has 0 amide bonds. The van der Waals surface area contributed by atoms with Crippen molar-refractivity contribution in [3.8, 4) is 0 Å². The Morgan fingerprint density at radius 2 is 0.533 bits per heavy atom. The van der Waals surface area contributed by atoms with Crippen molar-refractivity contribution >= 4 is 0 Å². The Bertz CT molecular complexity index is 71.6. The van der Waals surface area contributed by atoms with E-state index in [9.17, 15) is 0 Å². The molecule has 0 aliphatic carbocycles. The zero-order chi connectivity index (χ0) is 7.15. The quantitative estimate of drug-likeness (QED) is 0.294. The zero-order valence-electron chi connectivity index (χ0n) is 6.84. The molecule has 0 aliphatic heterocycles. The Morgan fingerprint density at radius 1 is 0.533 bits per heavy atom. The van der Waals surface area contributed by atoms with E-state index in [0.717, 1.165) is 0 Å². The Labute approximate surface area is 115 Å². The fourth-order valence-electron chi connectivity index (χ4n) is 0. The molecule has 15 heavy (non-hydrogen) atoms. The van der Waals surface area contributed by atoms with Crippen molar-refractivity contribution in [2.45, 2.75) is 0 Å². The third-order valence-corrected chi connectivity index (χ3v) is 0. The summed E-state index contributed by atoms with van der Waals surface area (Å²) in [5, 5.41) is 29.5. The third kappa shape index (κ3) is 8390. The van der Waals surface area contributed by atoms with Gasteiger partial charge in [0.2, 0.25) is 0 Å². The molecule has 15 heteroatoms. The molecule has 0 aliphatic rings. The fourth-order valence-corrected chi connectivity index (χ4v) is 0. The van der Waals surface area contributed by atoms with Crippen LogP contribution in [0.1, 0.15) is 0 Å². The molecule has 0 radical (unpaired) electrons. The van der Waals surface area contributed by atoms with E-state index in [2.05, 4.69) is 0 Å². The van der Waals surface area contributed by atoms with E-state index in [1.165, 1.54) is 0 Å². The molecular formula is H12CeN2O12-2. The standard InChI is InChI=1S/Ce.2NO3.6H2O/c;2*2-1(3)4;;;;;;/h;;;6*1H2/q;2*-1;;;;;;.